The molecule has 2 atom stereocenters. The number of rotatable bonds is 4. The van der Waals surface area contributed by atoms with Crippen molar-refractivity contribution in [2.24, 2.45) is 0 Å². The Balaban J connectivity index is 1.39. The summed E-state index contributed by atoms with van der Waals surface area (Å²) < 4.78 is 5.27. The molecule has 0 unspecified atom stereocenters. The predicted octanol–water partition coefficient (Wildman–Crippen LogP) is 2.36. The Morgan fingerprint density at radius 1 is 1.28 bits per heavy atom. The number of nitrogens with zero attached hydrogens (tertiary/aromatic N) is 1. The molecule has 0 spiro atoms. The number of esters is 1. The number of carbonyl (C=O) groups excluding carboxylic acids is 3. The summed E-state index contributed by atoms with van der Waals surface area (Å²) in [7, 11) is 0. The average Bonchev–Trinajstić information content (AvgIpc) is 3.27. The number of amides is 1. The van der Waals surface area contributed by atoms with Gasteiger partial charge in [0, 0.05) is 17.7 Å². The first-order chi connectivity index (χ1) is 12.0. The molecule has 0 bridgehead atoms. The van der Waals surface area contributed by atoms with Gasteiger partial charge in [0.1, 0.15) is 6.04 Å². The van der Waals surface area contributed by atoms with Crippen LogP contribution in [0.3, 0.4) is 0 Å². The number of fused-ring (bicyclic) bond motifs is 2. The van der Waals surface area contributed by atoms with Crippen LogP contribution in [0.1, 0.15) is 47.7 Å². The average molecular weight is 359 g/mol. The Morgan fingerprint density at radius 2 is 2.08 bits per heavy atom. The number of aryl methyl sites for hydroxylation is 2. The number of carbonyl (C=O) groups is 3. The lowest BCUT2D eigenvalue weighted by Gasteiger charge is -2.29. The van der Waals surface area contributed by atoms with Crippen LogP contribution in [0.15, 0.2) is 18.2 Å². The molecule has 3 aliphatic rings. The van der Waals surface area contributed by atoms with Crippen LogP contribution in [0.4, 0.5) is 0 Å². The van der Waals surface area contributed by atoms with Crippen molar-refractivity contribution in [2.75, 3.05) is 12.4 Å². The monoisotopic (exact) mass is 359 g/mol. The van der Waals surface area contributed by atoms with E-state index >= 15 is 0 Å². The zero-order chi connectivity index (χ0) is 17.6. The molecule has 0 N–H and O–H groups in total. The highest BCUT2D eigenvalue weighted by Crippen LogP contribution is 2.47. The Kier molecular flexibility index (Phi) is 4.10. The summed E-state index contributed by atoms with van der Waals surface area (Å²) in [5, 5.41) is 0. The van der Waals surface area contributed by atoms with Crippen molar-refractivity contribution < 1.29 is 19.1 Å². The second-order valence-corrected chi connectivity index (χ2v) is 8.64. The number of thioether (sulfide) groups is 1. The highest BCUT2D eigenvalue weighted by molar-refractivity contribution is 8.01. The van der Waals surface area contributed by atoms with Crippen LogP contribution in [-0.2, 0) is 27.2 Å². The lowest BCUT2D eigenvalue weighted by Crippen LogP contribution is -2.46. The molecule has 0 saturated carbocycles. The van der Waals surface area contributed by atoms with E-state index in [0.29, 0.717) is 17.7 Å². The summed E-state index contributed by atoms with van der Waals surface area (Å²) in [4.78, 5) is 38.2. The minimum atomic E-state index is -0.571. The maximum atomic E-state index is 12.4. The molecule has 4 rings (SSSR count). The van der Waals surface area contributed by atoms with Crippen LogP contribution in [0.2, 0.25) is 0 Å². The quantitative estimate of drug-likeness (QED) is 0.610. The van der Waals surface area contributed by atoms with Crippen molar-refractivity contribution in [2.45, 2.75) is 49.9 Å². The summed E-state index contributed by atoms with van der Waals surface area (Å²) >= 11 is 1.62. The Morgan fingerprint density at radius 3 is 2.92 bits per heavy atom. The van der Waals surface area contributed by atoms with Gasteiger partial charge in [-0.05, 0) is 49.8 Å². The fourth-order valence-corrected chi connectivity index (χ4v) is 5.47. The maximum Gasteiger partial charge on any atom is 0.330 e. The van der Waals surface area contributed by atoms with E-state index in [4.69, 9.17) is 4.74 Å². The standard InChI is InChI=1S/C19H21NO4S/c1-19-8-7-17(22)20(19)15(11-25-19)18(23)24-10-16(21)14-6-5-12-3-2-4-13(12)9-14/h5-6,9,15H,2-4,7-8,10-11H2,1H3/t15-,19-/m1/s1. The first kappa shape index (κ1) is 16.6. The summed E-state index contributed by atoms with van der Waals surface area (Å²) in [6.45, 7) is 1.73. The molecule has 2 fully saturated rings. The van der Waals surface area contributed by atoms with Gasteiger partial charge in [0.2, 0.25) is 5.91 Å². The van der Waals surface area contributed by atoms with E-state index in [1.165, 1.54) is 11.1 Å². The number of ether oxygens (including phenoxy) is 1. The van der Waals surface area contributed by atoms with Crippen molar-refractivity contribution in [3.05, 3.63) is 34.9 Å². The van der Waals surface area contributed by atoms with Crippen molar-refractivity contribution in [1.29, 1.82) is 0 Å². The van der Waals surface area contributed by atoms with E-state index in [-0.39, 0.29) is 23.2 Å². The van der Waals surface area contributed by atoms with Gasteiger partial charge in [0.05, 0.1) is 4.87 Å². The number of hydrogen-bond acceptors (Lipinski definition) is 5. The molecule has 1 amide bonds. The molecular weight excluding hydrogens is 338 g/mol. The van der Waals surface area contributed by atoms with E-state index < -0.39 is 12.0 Å². The molecule has 1 aromatic rings. The molecule has 0 radical (unpaired) electrons. The zero-order valence-corrected chi connectivity index (χ0v) is 15.1. The van der Waals surface area contributed by atoms with Gasteiger partial charge in [-0.1, -0.05) is 12.1 Å². The molecule has 2 heterocycles. The lowest BCUT2D eigenvalue weighted by molar-refractivity contribution is -0.152. The van der Waals surface area contributed by atoms with Gasteiger partial charge in [0.25, 0.3) is 0 Å². The maximum absolute atomic E-state index is 12.4. The number of Topliss-reactive ketones (excluding diaryl/α,β-unsaturated/α-hetero) is 1. The van der Waals surface area contributed by atoms with E-state index in [2.05, 4.69) is 0 Å². The fourth-order valence-electron chi connectivity index (χ4n) is 4.06. The highest BCUT2D eigenvalue weighted by atomic mass is 32.2. The zero-order valence-electron chi connectivity index (χ0n) is 14.2. The molecule has 2 aliphatic heterocycles. The minimum absolute atomic E-state index is 0.000557. The predicted molar refractivity (Wildman–Crippen MR) is 94.5 cm³/mol. The molecule has 6 heteroatoms. The van der Waals surface area contributed by atoms with Crippen LogP contribution in [-0.4, -0.2) is 45.8 Å². The SMILES string of the molecule is C[C@@]12CCC(=O)N1[C@@H](C(=O)OCC(=O)c1ccc3c(c1)CCC3)CS2. The summed E-state index contributed by atoms with van der Waals surface area (Å²) in [6, 6.07) is 5.16. The van der Waals surface area contributed by atoms with Crippen LogP contribution in [0.25, 0.3) is 0 Å². The molecule has 5 nitrogen and oxygen atoms in total. The third-order valence-electron chi connectivity index (χ3n) is 5.48. The van der Waals surface area contributed by atoms with E-state index in [9.17, 15) is 14.4 Å². The largest absolute Gasteiger partial charge is 0.456 e. The topological polar surface area (TPSA) is 63.7 Å². The Bertz CT molecular complexity index is 762. The molecule has 0 aromatic heterocycles. The van der Waals surface area contributed by atoms with E-state index in [1.807, 2.05) is 25.1 Å². The third kappa shape index (κ3) is 2.86. The minimum Gasteiger partial charge on any atom is -0.456 e. The van der Waals surface area contributed by atoms with Crippen LogP contribution in [0, 0.1) is 0 Å². The van der Waals surface area contributed by atoms with Crippen molar-refractivity contribution in [3.63, 3.8) is 0 Å². The van der Waals surface area contributed by atoms with Gasteiger partial charge < -0.3 is 9.64 Å². The van der Waals surface area contributed by atoms with Gasteiger partial charge in [-0.3, -0.25) is 9.59 Å². The summed E-state index contributed by atoms with van der Waals surface area (Å²) in [5.41, 5.74) is 3.13. The van der Waals surface area contributed by atoms with Gasteiger partial charge in [-0.15, -0.1) is 11.8 Å². The number of benzene rings is 1. The lowest BCUT2D eigenvalue weighted by atomic mass is 10.0. The van der Waals surface area contributed by atoms with E-state index in [1.54, 1.807) is 16.7 Å². The molecule has 132 valence electrons. The second-order valence-electron chi connectivity index (χ2n) is 7.13. The first-order valence-electron chi connectivity index (χ1n) is 8.76. The Hall–Kier alpha value is -1.82. The van der Waals surface area contributed by atoms with E-state index in [0.717, 1.165) is 25.7 Å². The molecule has 2 saturated heterocycles. The number of hydrogen-bond donors (Lipinski definition) is 0. The third-order valence-corrected chi connectivity index (χ3v) is 6.99. The van der Waals surface area contributed by atoms with Crippen LogP contribution >= 0.6 is 11.8 Å². The van der Waals surface area contributed by atoms with Gasteiger partial charge in [-0.25, -0.2) is 4.79 Å². The first-order valence-corrected chi connectivity index (χ1v) is 9.74. The molecular formula is C19H21NO4S. The molecule has 1 aliphatic carbocycles. The summed E-state index contributed by atoms with van der Waals surface area (Å²) in [6.07, 6.45) is 4.44. The van der Waals surface area contributed by atoms with Crippen molar-refractivity contribution >= 4 is 29.4 Å². The normalized spacial score (nSPS) is 27.3. The van der Waals surface area contributed by atoms with Crippen molar-refractivity contribution in [3.8, 4) is 0 Å². The summed E-state index contributed by atoms with van der Waals surface area (Å²) in [5.74, 6) is -0.127. The van der Waals surface area contributed by atoms with Crippen molar-refractivity contribution in [1.82, 2.24) is 4.90 Å². The fraction of sp³-hybridized carbons (Fsp3) is 0.526. The number of ketones is 1. The molecule has 25 heavy (non-hydrogen) atoms. The highest BCUT2D eigenvalue weighted by Gasteiger charge is 2.53. The Labute approximate surface area is 151 Å². The second kappa shape index (κ2) is 6.16. The van der Waals surface area contributed by atoms with Gasteiger partial charge in [-0.2, -0.15) is 0 Å². The van der Waals surface area contributed by atoms with Crippen LogP contribution in [0.5, 0.6) is 0 Å². The van der Waals surface area contributed by atoms with Gasteiger partial charge in [0.15, 0.2) is 12.4 Å². The van der Waals surface area contributed by atoms with Crippen LogP contribution < -0.4 is 0 Å². The van der Waals surface area contributed by atoms with Gasteiger partial charge >= 0.3 is 5.97 Å². The molecule has 1 aromatic carbocycles. The smallest absolute Gasteiger partial charge is 0.330 e.